The molecular formula is C18H29NO2. The highest BCUT2D eigenvalue weighted by Crippen LogP contribution is 2.18. The average molecular weight is 291 g/mol. The van der Waals surface area contributed by atoms with Crippen LogP contribution in [0.25, 0.3) is 0 Å². The molecule has 0 saturated heterocycles. The van der Waals surface area contributed by atoms with Gasteiger partial charge in [-0.2, -0.15) is 0 Å². The fourth-order valence-electron chi connectivity index (χ4n) is 2.59. The molecule has 0 saturated carbocycles. The minimum absolute atomic E-state index is 0.292. The second-order valence-electron chi connectivity index (χ2n) is 6.14. The summed E-state index contributed by atoms with van der Waals surface area (Å²) in [5.41, 5.74) is 1.31. The van der Waals surface area contributed by atoms with Crippen molar-refractivity contribution in [3.63, 3.8) is 0 Å². The lowest BCUT2D eigenvalue weighted by Crippen LogP contribution is -2.35. The third-order valence-electron chi connectivity index (χ3n) is 3.97. The molecule has 2 atom stereocenters. The highest BCUT2D eigenvalue weighted by atomic mass is 16.4. The summed E-state index contributed by atoms with van der Waals surface area (Å²) in [6.07, 6.45) is 4.27. The highest BCUT2D eigenvalue weighted by Gasteiger charge is 2.16. The van der Waals surface area contributed by atoms with E-state index in [1.54, 1.807) is 0 Å². The van der Waals surface area contributed by atoms with E-state index in [1.807, 2.05) is 6.07 Å². The Balaban J connectivity index is 2.37. The zero-order chi connectivity index (χ0) is 15.7. The Morgan fingerprint density at radius 3 is 2.33 bits per heavy atom. The SMILES string of the molecule is CC(NC(CCCCCC(=O)O)C(C)C)c1ccccc1. The summed E-state index contributed by atoms with van der Waals surface area (Å²) in [6.45, 7) is 6.69. The lowest BCUT2D eigenvalue weighted by molar-refractivity contribution is -0.137. The van der Waals surface area contributed by atoms with Gasteiger partial charge in [-0.25, -0.2) is 0 Å². The molecule has 0 aliphatic heterocycles. The first kappa shape index (κ1) is 17.7. The van der Waals surface area contributed by atoms with Gasteiger partial charge in [-0.15, -0.1) is 0 Å². The molecule has 3 nitrogen and oxygen atoms in total. The van der Waals surface area contributed by atoms with Crippen LogP contribution in [-0.2, 0) is 4.79 Å². The molecule has 21 heavy (non-hydrogen) atoms. The Kier molecular flexibility index (Phi) is 8.06. The monoisotopic (exact) mass is 291 g/mol. The summed E-state index contributed by atoms with van der Waals surface area (Å²) < 4.78 is 0. The van der Waals surface area contributed by atoms with Crippen molar-refractivity contribution in [2.45, 2.75) is 65.0 Å². The van der Waals surface area contributed by atoms with E-state index in [2.05, 4.69) is 50.4 Å². The van der Waals surface area contributed by atoms with Gasteiger partial charge >= 0.3 is 5.97 Å². The normalized spacial score (nSPS) is 14.1. The van der Waals surface area contributed by atoms with Gasteiger partial charge in [-0.1, -0.05) is 57.0 Å². The number of aliphatic carboxylic acids is 1. The van der Waals surface area contributed by atoms with Crippen molar-refractivity contribution in [1.82, 2.24) is 5.32 Å². The van der Waals surface area contributed by atoms with Crippen molar-refractivity contribution in [1.29, 1.82) is 0 Å². The molecule has 2 N–H and O–H groups in total. The lowest BCUT2D eigenvalue weighted by atomic mass is 9.95. The summed E-state index contributed by atoms with van der Waals surface area (Å²) in [5, 5.41) is 12.4. The van der Waals surface area contributed by atoms with Crippen LogP contribution >= 0.6 is 0 Å². The quantitative estimate of drug-likeness (QED) is 0.628. The molecule has 0 radical (unpaired) electrons. The molecule has 118 valence electrons. The van der Waals surface area contributed by atoms with Crippen LogP contribution in [0.5, 0.6) is 0 Å². The van der Waals surface area contributed by atoms with Crippen molar-refractivity contribution in [2.24, 2.45) is 5.92 Å². The van der Waals surface area contributed by atoms with Gasteiger partial charge in [0.15, 0.2) is 0 Å². The molecule has 0 aliphatic rings. The third kappa shape index (κ3) is 7.28. The Morgan fingerprint density at radius 1 is 1.10 bits per heavy atom. The first-order valence-electron chi connectivity index (χ1n) is 8.03. The minimum atomic E-state index is -0.689. The van der Waals surface area contributed by atoms with Gasteiger partial charge in [-0.05, 0) is 31.2 Å². The third-order valence-corrected chi connectivity index (χ3v) is 3.97. The lowest BCUT2D eigenvalue weighted by Gasteiger charge is -2.27. The highest BCUT2D eigenvalue weighted by molar-refractivity contribution is 5.66. The predicted molar refractivity (Wildman–Crippen MR) is 87.3 cm³/mol. The van der Waals surface area contributed by atoms with E-state index < -0.39 is 5.97 Å². The molecule has 0 heterocycles. The Bertz CT molecular complexity index is 403. The van der Waals surface area contributed by atoms with Crippen LogP contribution in [-0.4, -0.2) is 17.1 Å². The van der Waals surface area contributed by atoms with E-state index in [0.717, 1.165) is 25.7 Å². The predicted octanol–water partition coefficient (Wildman–Crippen LogP) is 4.40. The Morgan fingerprint density at radius 2 is 1.76 bits per heavy atom. The topological polar surface area (TPSA) is 49.3 Å². The van der Waals surface area contributed by atoms with Gasteiger partial charge in [0.25, 0.3) is 0 Å². The van der Waals surface area contributed by atoms with Crippen molar-refractivity contribution in [3.05, 3.63) is 35.9 Å². The first-order chi connectivity index (χ1) is 10.0. The van der Waals surface area contributed by atoms with Crippen molar-refractivity contribution < 1.29 is 9.90 Å². The van der Waals surface area contributed by atoms with Crippen molar-refractivity contribution >= 4 is 5.97 Å². The maximum absolute atomic E-state index is 10.5. The summed E-state index contributed by atoms with van der Waals surface area (Å²) in [5.74, 6) is -0.109. The van der Waals surface area contributed by atoms with Crippen LogP contribution in [0.4, 0.5) is 0 Å². The molecule has 0 aliphatic carbocycles. The van der Waals surface area contributed by atoms with Crippen LogP contribution in [0.3, 0.4) is 0 Å². The van der Waals surface area contributed by atoms with E-state index in [0.29, 0.717) is 24.4 Å². The number of carboxylic acids is 1. The van der Waals surface area contributed by atoms with E-state index in [-0.39, 0.29) is 0 Å². The average Bonchev–Trinajstić information content (AvgIpc) is 2.45. The summed E-state index contributed by atoms with van der Waals surface area (Å²) >= 11 is 0. The number of carboxylic acid groups (broad SMARTS) is 1. The maximum atomic E-state index is 10.5. The zero-order valence-corrected chi connectivity index (χ0v) is 13.5. The van der Waals surface area contributed by atoms with Gasteiger partial charge in [0, 0.05) is 18.5 Å². The molecule has 0 bridgehead atoms. The number of benzene rings is 1. The molecule has 1 rings (SSSR count). The standard InChI is InChI=1S/C18H29NO2/c1-14(2)17(12-8-5-9-13-18(20)21)19-15(3)16-10-6-4-7-11-16/h4,6-7,10-11,14-15,17,19H,5,8-9,12-13H2,1-3H3,(H,20,21). The van der Waals surface area contributed by atoms with Crippen LogP contribution < -0.4 is 5.32 Å². The molecule has 0 amide bonds. The molecule has 0 aromatic heterocycles. The molecular weight excluding hydrogens is 262 g/mol. The second-order valence-corrected chi connectivity index (χ2v) is 6.14. The van der Waals surface area contributed by atoms with Gasteiger partial charge in [0.05, 0.1) is 0 Å². The summed E-state index contributed by atoms with van der Waals surface area (Å²) in [7, 11) is 0. The minimum Gasteiger partial charge on any atom is -0.481 e. The smallest absolute Gasteiger partial charge is 0.303 e. The van der Waals surface area contributed by atoms with Crippen LogP contribution in [0, 0.1) is 5.92 Å². The van der Waals surface area contributed by atoms with Crippen LogP contribution in [0.1, 0.15) is 64.5 Å². The second kappa shape index (κ2) is 9.56. The summed E-state index contributed by atoms with van der Waals surface area (Å²) in [4.78, 5) is 10.5. The number of carbonyl (C=O) groups is 1. The van der Waals surface area contributed by atoms with Crippen molar-refractivity contribution in [3.8, 4) is 0 Å². The fraction of sp³-hybridized carbons (Fsp3) is 0.611. The number of rotatable bonds is 10. The van der Waals surface area contributed by atoms with Gasteiger partial charge < -0.3 is 10.4 Å². The molecule has 1 aromatic carbocycles. The molecule has 0 spiro atoms. The fourth-order valence-corrected chi connectivity index (χ4v) is 2.59. The molecule has 1 aromatic rings. The van der Waals surface area contributed by atoms with Gasteiger partial charge in [-0.3, -0.25) is 4.79 Å². The number of hydrogen-bond donors (Lipinski definition) is 2. The number of unbranched alkanes of at least 4 members (excludes halogenated alkanes) is 2. The van der Waals surface area contributed by atoms with E-state index >= 15 is 0 Å². The largest absolute Gasteiger partial charge is 0.481 e. The summed E-state index contributed by atoms with van der Waals surface area (Å²) in [6, 6.07) is 11.3. The van der Waals surface area contributed by atoms with Crippen LogP contribution in [0.2, 0.25) is 0 Å². The molecule has 0 fully saturated rings. The van der Waals surface area contributed by atoms with E-state index in [9.17, 15) is 4.79 Å². The first-order valence-corrected chi connectivity index (χ1v) is 8.03. The zero-order valence-electron chi connectivity index (χ0n) is 13.5. The Labute approximate surface area is 128 Å². The van der Waals surface area contributed by atoms with Gasteiger partial charge in [0.2, 0.25) is 0 Å². The van der Waals surface area contributed by atoms with Crippen LogP contribution in [0.15, 0.2) is 30.3 Å². The van der Waals surface area contributed by atoms with Gasteiger partial charge in [0.1, 0.15) is 0 Å². The van der Waals surface area contributed by atoms with Crippen molar-refractivity contribution in [2.75, 3.05) is 0 Å². The maximum Gasteiger partial charge on any atom is 0.303 e. The molecule has 2 unspecified atom stereocenters. The van der Waals surface area contributed by atoms with E-state index in [1.165, 1.54) is 5.56 Å². The van der Waals surface area contributed by atoms with E-state index in [4.69, 9.17) is 5.11 Å². The Hall–Kier alpha value is -1.35. The number of hydrogen-bond acceptors (Lipinski definition) is 2. The number of nitrogens with one attached hydrogen (secondary N) is 1. The molecule has 3 heteroatoms.